The number of hydrogen-bond acceptors (Lipinski definition) is 3. The largest absolute Gasteiger partial charge is 0.310 e. The number of aromatic nitrogens is 2. The molecule has 0 unspecified atom stereocenters. The van der Waals surface area contributed by atoms with Crippen LogP contribution in [0.2, 0.25) is 0 Å². The maximum absolute atomic E-state index is 4.82. The molecule has 8 rings (SSSR count). The van der Waals surface area contributed by atoms with Gasteiger partial charge in [0.25, 0.3) is 0 Å². The summed E-state index contributed by atoms with van der Waals surface area (Å²) in [6, 6.07) is 59.7. The predicted octanol–water partition coefficient (Wildman–Crippen LogP) is 11.9. The van der Waals surface area contributed by atoms with E-state index in [4.69, 9.17) is 4.98 Å². The zero-order valence-electron chi connectivity index (χ0n) is 24.9. The molecule has 220 valence electrons. The van der Waals surface area contributed by atoms with Crippen molar-refractivity contribution in [3.63, 3.8) is 0 Å². The average Bonchev–Trinajstić information content (AvgIpc) is 3.44. The molecule has 0 bridgehead atoms. The third-order valence-corrected chi connectivity index (χ3v) is 8.72. The zero-order chi connectivity index (χ0) is 30.9. The molecule has 2 heterocycles. The number of fused-ring (bicyclic) bond motifs is 3. The molecule has 0 saturated carbocycles. The SMILES string of the molecule is Brc1ccc(-n2c3ccc(N(c4ccccc4)c4ccccc4)cc3c3cc(N(c4ccccc4)c4ccccc4)ccc32)nc1. The maximum Gasteiger partial charge on any atom is 0.137 e. The summed E-state index contributed by atoms with van der Waals surface area (Å²) in [7, 11) is 0. The van der Waals surface area contributed by atoms with Gasteiger partial charge in [-0.05, 0) is 113 Å². The highest BCUT2D eigenvalue weighted by molar-refractivity contribution is 9.10. The van der Waals surface area contributed by atoms with Crippen LogP contribution in [0.4, 0.5) is 34.1 Å². The predicted molar refractivity (Wildman–Crippen MR) is 196 cm³/mol. The summed E-state index contributed by atoms with van der Waals surface area (Å²) in [5, 5.41) is 2.30. The fourth-order valence-corrected chi connectivity index (χ4v) is 6.46. The van der Waals surface area contributed by atoms with Gasteiger partial charge in [-0.3, -0.25) is 4.57 Å². The number of hydrogen-bond donors (Lipinski definition) is 0. The Morgan fingerprint density at radius 3 is 1.15 bits per heavy atom. The number of para-hydroxylation sites is 4. The summed E-state index contributed by atoms with van der Waals surface area (Å²) in [5.41, 5.74) is 8.77. The first-order valence-corrected chi connectivity index (χ1v) is 16.0. The number of anilines is 6. The van der Waals surface area contributed by atoms with Crippen LogP contribution in [0.5, 0.6) is 0 Å². The van der Waals surface area contributed by atoms with Crippen LogP contribution in [0.15, 0.2) is 181 Å². The fourth-order valence-electron chi connectivity index (χ4n) is 6.23. The van der Waals surface area contributed by atoms with E-state index in [1.165, 1.54) is 0 Å². The Balaban J connectivity index is 1.39. The molecule has 0 spiro atoms. The van der Waals surface area contributed by atoms with Crippen LogP contribution < -0.4 is 9.80 Å². The highest BCUT2D eigenvalue weighted by Gasteiger charge is 2.20. The van der Waals surface area contributed by atoms with Gasteiger partial charge in [0.1, 0.15) is 5.82 Å². The molecule has 0 atom stereocenters. The summed E-state index contributed by atoms with van der Waals surface area (Å²) in [6.07, 6.45) is 1.86. The number of rotatable bonds is 7. The molecule has 2 aromatic heterocycles. The molecular formula is C41H29BrN4. The van der Waals surface area contributed by atoms with E-state index in [0.717, 1.165) is 66.2 Å². The fraction of sp³-hybridized carbons (Fsp3) is 0. The van der Waals surface area contributed by atoms with Crippen molar-refractivity contribution in [3.05, 3.63) is 181 Å². The summed E-state index contributed by atoms with van der Waals surface area (Å²) in [5.74, 6) is 0.870. The van der Waals surface area contributed by atoms with Crippen molar-refractivity contribution in [1.29, 1.82) is 0 Å². The summed E-state index contributed by atoms with van der Waals surface area (Å²) in [6.45, 7) is 0. The lowest BCUT2D eigenvalue weighted by Crippen LogP contribution is -2.09. The van der Waals surface area contributed by atoms with Crippen LogP contribution in [0, 0.1) is 0 Å². The third kappa shape index (κ3) is 5.11. The summed E-state index contributed by atoms with van der Waals surface area (Å²) >= 11 is 3.57. The van der Waals surface area contributed by atoms with E-state index in [2.05, 4.69) is 194 Å². The molecule has 6 aromatic carbocycles. The number of benzene rings is 6. The van der Waals surface area contributed by atoms with Crippen LogP contribution in [-0.4, -0.2) is 9.55 Å². The molecule has 4 nitrogen and oxygen atoms in total. The first-order valence-electron chi connectivity index (χ1n) is 15.3. The van der Waals surface area contributed by atoms with Gasteiger partial charge in [-0.15, -0.1) is 0 Å². The van der Waals surface area contributed by atoms with Crippen LogP contribution in [0.1, 0.15) is 0 Å². The van der Waals surface area contributed by atoms with Crippen LogP contribution in [0.3, 0.4) is 0 Å². The Kier molecular flexibility index (Phi) is 7.29. The van der Waals surface area contributed by atoms with Gasteiger partial charge in [0.2, 0.25) is 0 Å². The molecule has 0 N–H and O–H groups in total. The molecular weight excluding hydrogens is 628 g/mol. The Hall–Kier alpha value is -5.65. The van der Waals surface area contributed by atoms with Crippen molar-refractivity contribution in [2.24, 2.45) is 0 Å². The van der Waals surface area contributed by atoms with Gasteiger partial charge in [0.15, 0.2) is 0 Å². The minimum Gasteiger partial charge on any atom is -0.310 e. The first-order chi connectivity index (χ1) is 22.7. The monoisotopic (exact) mass is 656 g/mol. The van der Waals surface area contributed by atoms with Gasteiger partial charge < -0.3 is 9.80 Å². The highest BCUT2D eigenvalue weighted by Crippen LogP contribution is 2.42. The number of pyridine rings is 1. The minimum absolute atomic E-state index is 0.870. The molecule has 0 aliphatic heterocycles. The average molecular weight is 658 g/mol. The first kappa shape index (κ1) is 27.9. The van der Waals surface area contributed by atoms with Crippen molar-refractivity contribution >= 4 is 71.9 Å². The van der Waals surface area contributed by atoms with Crippen molar-refractivity contribution in [2.75, 3.05) is 9.80 Å². The number of nitrogens with zero attached hydrogens (tertiary/aromatic N) is 4. The van der Waals surface area contributed by atoms with Crippen molar-refractivity contribution < 1.29 is 0 Å². The van der Waals surface area contributed by atoms with E-state index >= 15 is 0 Å². The van der Waals surface area contributed by atoms with E-state index in [1.54, 1.807) is 0 Å². The van der Waals surface area contributed by atoms with Gasteiger partial charge in [0, 0.05) is 55.6 Å². The molecule has 0 aliphatic rings. The summed E-state index contributed by atoms with van der Waals surface area (Å²) < 4.78 is 3.21. The van der Waals surface area contributed by atoms with Gasteiger partial charge in [-0.2, -0.15) is 0 Å². The Labute approximate surface area is 276 Å². The van der Waals surface area contributed by atoms with E-state index in [1.807, 2.05) is 12.3 Å². The quantitative estimate of drug-likeness (QED) is 0.170. The zero-order valence-corrected chi connectivity index (χ0v) is 26.5. The Bertz CT molecular complexity index is 2030. The third-order valence-electron chi connectivity index (χ3n) is 8.25. The second kappa shape index (κ2) is 12.0. The van der Waals surface area contributed by atoms with Gasteiger partial charge in [-0.1, -0.05) is 72.8 Å². The molecule has 8 aromatic rings. The lowest BCUT2D eigenvalue weighted by atomic mass is 10.1. The van der Waals surface area contributed by atoms with Crippen LogP contribution in [0.25, 0.3) is 27.6 Å². The number of halogens is 1. The molecule has 46 heavy (non-hydrogen) atoms. The lowest BCUT2D eigenvalue weighted by Gasteiger charge is -2.26. The molecule has 0 amide bonds. The van der Waals surface area contributed by atoms with E-state index < -0.39 is 0 Å². The highest BCUT2D eigenvalue weighted by atomic mass is 79.9. The Morgan fingerprint density at radius 2 is 0.804 bits per heavy atom. The van der Waals surface area contributed by atoms with E-state index in [-0.39, 0.29) is 0 Å². The van der Waals surface area contributed by atoms with Gasteiger partial charge >= 0.3 is 0 Å². The lowest BCUT2D eigenvalue weighted by molar-refractivity contribution is 1.08. The topological polar surface area (TPSA) is 24.3 Å². The second-order valence-electron chi connectivity index (χ2n) is 11.1. The molecule has 0 saturated heterocycles. The Morgan fingerprint density at radius 1 is 0.413 bits per heavy atom. The van der Waals surface area contributed by atoms with Gasteiger partial charge in [-0.25, -0.2) is 4.98 Å². The van der Waals surface area contributed by atoms with Crippen LogP contribution >= 0.6 is 15.9 Å². The van der Waals surface area contributed by atoms with E-state index in [0.29, 0.717) is 0 Å². The standard InChI is InChI=1S/C41H29BrN4/c42-30-21-26-41(43-29-30)46-39-24-22-35(44(31-13-5-1-6-14-31)32-15-7-2-8-16-32)27-37(39)38-28-36(23-25-40(38)46)45(33-17-9-3-10-18-33)34-19-11-4-12-20-34/h1-29H. The van der Waals surface area contributed by atoms with Gasteiger partial charge in [0.05, 0.1) is 11.0 Å². The summed E-state index contributed by atoms with van der Waals surface area (Å²) in [4.78, 5) is 9.44. The van der Waals surface area contributed by atoms with Crippen molar-refractivity contribution in [3.8, 4) is 5.82 Å². The molecule has 5 heteroatoms. The van der Waals surface area contributed by atoms with Crippen molar-refractivity contribution in [2.45, 2.75) is 0 Å². The molecule has 0 aliphatic carbocycles. The second-order valence-corrected chi connectivity index (χ2v) is 12.0. The van der Waals surface area contributed by atoms with Crippen molar-refractivity contribution in [1.82, 2.24) is 9.55 Å². The minimum atomic E-state index is 0.870. The normalized spacial score (nSPS) is 11.2. The molecule has 0 fully saturated rings. The van der Waals surface area contributed by atoms with Crippen LogP contribution in [-0.2, 0) is 0 Å². The smallest absolute Gasteiger partial charge is 0.137 e. The maximum atomic E-state index is 4.82. The van der Waals surface area contributed by atoms with E-state index in [9.17, 15) is 0 Å². The molecule has 0 radical (unpaired) electrons.